The van der Waals surface area contributed by atoms with Crippen molar-refractivity contribution < 1.29 is 9.59 Å². The SMILES string of the molecule is CCCCCNC(=O)c1cccc(Cn2cc(CCNC(C)=O)nn2)c1. The summed E-state index contributed by atoms with van der Waals surface area (Å²) in [6.07, 6.45) is 5.76. The van der Waals surface area contributed by atoms with Gasteiger partial charge in [-0.1, -0.05) is 37.1 Å². The van der Waals surface area contributed by atoms with Gasteiger partial charge in [-0.05, 0) is 24.1 Å². The molecule has 0 radical (unpaired) electrons. The van der Waals surface area contributed by atoms with Crippen LogP contribution in [0.5, 0.6) is 0 Å². The Morgan fingerprint density at radius 3 is 2.77 bits per heavy atom. The molecule has 0 saturated carbocycles. The number of carbonyl (C=O) groups excluding carboxylic acids is 2. The highest BCUT2D eigenvalue weighted by Crippen LogP contribution is 2.08. The molecule has 0 bridgehead atoms. The molecule has 1 aromatic carbocycles. The van der Waals surface area contributed by atoms with Gasteiger partial charge in [0.05, 0.1) is 12.2 Å². The minimum absolute atomic E-state index is 0.0439. The average molecular weight is 357 g/mol. The predicted octanol–water partition coefficient (Wildman–Crippen LogP) is 1.92. The van der Waals surface area contributed by atoms with Crippen LogP contribution >= 0.6 is 0 Å². The third-order valence-electron chi connectivity index (χ3n) is 3.94. The van der Waals surface area contributed by atoms with E-state index >= 15 is 0 Å². The molecular weight excluding hydrogens is 330 g/mol. The zero-order chi connectivity index (χ0) is 18.8. The van der Waals surface area contributed by atoms with Gasteiger partial charge in [0.1, 0.15) is 0 Å². The number of amides is 2. The van der Waals surface area contributed by atoms with E-state index in [0.717, 1.165) is 30.5 Å². The van der Waals surface area contributed by atoms with Gasteiger partial charge in [-0.15, -0.1) is 5.10 Å². The van der Waals surface area contributed by atoms with Crippen molar-refractivity contribution >= 4 is 11.8 Å². The fourth-order valence-electron chi connectivity index (χ4n) is 2.57. The Morgan fingerprint density at radius 2 is 2.00 bits per heavy atom. The molecule has 0 fully saturated rings. The lowest BCUT2D eigenvalue weighted by Crippen LogP contribution is -2.24. The predicted molar refractivity (Wildman–Crippen MR) is 99.8 cm³/mol. The van der Waals surface area contributed by atoms with Crippen molar-refractivity contribution in [3.05, 3.63) is 47.3 Å². The largest absolute Gasteiger partial charge is 0.356 e. The summed E-state index contributed by atoms with van der Waals surface area (Å²) in [6.45, 7) is 5.42. The maximum absolute atomic E-state index is 12.2. The van der Waals surface area contributed by atoms with Gasteiger partial charge in [0.15, 0.2) is 0 Å². The topological polar surface area (TPSA) is 88.9 Å². The molecular formula is C19H27N5O2. The first kappa shape index (κ1) is 19.6. The summed E-state index contributed by atoms with van der Waals surface area (Å²) in [5.41, 5.74) is 2.47. The first-order valence-electron chi connectivity index (χ1n) is 9.09. The van der Waals surface area contributed by atoms with Gasteiger partial charge in [-0.2, -0.15) is 0 Å². The van der Waals surface area contributed by atoms with Crippen molar-refractivity contribution in [3.63, 3.8) is 0 Å². The lowest BCUT2D eigenvalue weighted by atomic mass is 10.1. The Labute approximate surface area is 154 Å². The second-order valence-corrected chi connectivity index (χ2v) is 6.30. The number of hydrogen-bond donors (Lipinski definition) is 2. The van der Waals surface area contributed by atoms with Crippen LogP contribution in [0.2, 0.25) is 0 Å². The first-order chi connectivity index (χ1) is 12.6. The molecule has 0 aliphatic rings. The summed E-state index contributed by atoms with van der Waals surface area (Å²) in [5, 5.41) is 13.9. The van der Waals surface area contributed by atoms with Crippen molar-refractivity contribution in [1.82, 2.24) is 25.6 Å². The Bertz CT molecular complexity index is 726. The Kier molecular flexibility index (Phi) is 7.79. The van der Waals surface area contributed by atoms with Crippen molar-refractivity contribution in [2.24, 2.45) is 0 Å². The molecule has 0 spiro atoms. The number of hydrogen-bond acceptors (Lipinski definition) is 4. The van der Waals surface area contributed by atoms with Crippen LogP contribution in [0.1, 0.15) is 54.7 Å². The van der Waals surface area contributed by atoms with Gasteiger partial charge < -0.3 is 10.6 Å². The molecule has 0 atom stereocenters. The van der Waals surface area contributed by atoms with Crippen molar-refractivity contribution in [2.45, 2.75) is 46.1 Å². The standard InChI is InChI=1S/C19H27N5O2/c1-3-4-5-10-21-19(26)17-8-6-7-16(12-17)13-24-14-18(22-23-24)9-11-20-15(2)25/h6-8,12,14H,3-5,9-11,13H2,1-2H3,(H,20,25)(H,21,26). The molecule has 0 aliphatic carbocycles. The second kappa shape index (κ2) is 10.3. The maximum atomic E-state index is 12.2. The molecule has 0 aliphatic heterocycles. The third-order valence-corrected chi connectivity index (χ3v) is 3.94. The van der Waals surface area contributed by atoms with Crippen LogP contribution in [0, 0.1) is 0 Å². The van der Waals surface area contributed by atoms with E-state index in [1.54, 1.807) is 4.68 Å². The molecule has 26 heavy (non-hydrogen) atoms. The summed E-state index contributed by atoms with van der Waals surface area (Å²) >= 11 is 0. The van der Waals surface area contributed by atoms with Crippen LogP contribution in [0.3, 0.4) is 0 Å². The summed E-state index contributed by atoms with van der Waals surface area (Å²) in [7, 11) is 0. The van der Waals surface area contributed by atoms with Gasteiger partial charge in [-0.25, -0.2) is 4.68 Å². The van der Waals surface area contributed by atoms with E-state index in [9.17, 15) is 9.59 Å². The van der Waals surface area contributed by atoms with Gasteiger partial charge in [0.25, 0.3) is 5.91 Å². The molecule has 0 saturated heterocycles. The van der Waals surface area contributed by atoms with E-state index in [-0.39, 0.29) is 11.8 Å². The Morgan fingerprint density at radius 1 is 1.15 bits per heavy atom. The molecule has 7 heteroatoms. The number of nitrogens with zero attached hydrogens (tertiary/aromatic N) is 3. The second-order valence-electron chi connectivity index (χ2n) is 6.30. The Balaban J connectivity index is 1.88. The highest BCUT2D eigenvalue weighted by Gasteiger charge is 2.07. The summed E-state index contributed by atoms with van der Waals surface area (Å²) in [6, 6.07) is 7.55. The van der Waals surface area contributed by atoms with E-state index in [4.69, 9.17) is 0 Å². The Hall–Kier alpha value is -2.70. The summed E-state index contributed by atoms with van der Waals surface area (Å²) in [5.74, 6) is -0.0975. The number of rotatable bonds is 10. The minimum atomic E-state index is -0.0535. The monoisotopic (exact) mass is 357 g/mol. The number of benzene rings is 1. The zero-order valence-electron chi connectivity index (χ0n) is 15.5. The van der Waals surface area contributed by atoms with Gasteiger partial charge in [0.2, 0.25) is 5.91 Å². The fraction of sp³-hybridized carbons (Fsp3) is 0.474. The van der Waals surface area contributed by atoms with Gasteiger partial charge in [0, 0.05) is 38.2 Å². The highest BCUT2D eigenvalue weighted by atomic mass is 16.2. The molecule has 140 valence electrons. The maximum Gasteiger partial charge on any atom is 0.251 e. The van der Waals surface area contributed by atoms with Crippen LogP contribution in [-0.2, 0) is 17.8 Å². The number of aromatic nitrogens is 3. The van der Waals surface area contributed by atoms with E-state index in [2.05, 4.69) is 27.9 Å². The quantitative estimate of drug-likeness (QED) is 0.636. The molecule has 0 unspecified atom stereocenters. The van der Waals surface area contributed by atoms with E-state index in [0.29, 0.717) is 31.6 Å². The molecule has 7 nitrogen and oxygen atoms in total. The van der Waals surface area contributed by atoms with Crippen LogP contribution in [0.4, 0.5) is 0 Å². The van der Waals surface area contributed by atoms with E-state index < -0.39 is 0 Å². The van der Waals surface area contributed by atoms with E-state index in [1.165, 1.54) is 6.92 Å². The highest BCUT2D eigenvalue weighted by molar-refractivity contribution is 5.94. The van der Waals surface area contributed by atoms with Crippen LogP contribution in [0.15, 0.2) is 30.5 Å². The summed E-state index contributed by atoms with van der Waals surface area (Å²) < 4.78 is 1.74. The molecule has 1 heterocycles. The molecule has 2 amide bonds. The number of unbranched alkanes of at least 4 members (excludes halogenated alkanes) is 2. The van der Waals surface area contributed by atoms with Crippen LogP contribution < -0.4 is 10.6 Å². The first-order valence-corrected chi connectivity index (χ1v) is 9.09. The minimum Gasteiger partial charge on any atom is -0.356 e. The van der Waals surface area contributed by atoms with Crippen LogP contribution in [-0.4, -0.2) is 39.9 Å². The average Bonchev–Trinajstić information content (AvgIpc) is 3.05. The van der Waals surface area contributed by atoms with Crippen LogP contribution in [0.25, 0.3) is 0 Å². The van der Waals surface area contributed by atoms with Crippen molar-refractivity contribution in [3.8, 4) is 0 Å². The lowest BCUT2D eigenvalue weighted by molar-refractivity contribution is -0.118. The number of nitrogens with one attached hydrogen (secondary N) is 2. The smallest absolute Gasteiger partial charge is 0.251 e. The third kappa shape index (κ3) is 6.66. The number of carbonyl (C=O) groups is 2. The fourth-order valence-corrected chi connectivity index (χ4v) is 2.57. The van der Waals surface area contributed by atoms with Crippen molar-refractivity contribution in [2.75, 3.05) is 13.1 Å². The van der Waals surface area contributed by atoms with E-state index in [1.807, 2.05) is 30.5 Å². The lowest BCUT2D eigenvalue weighted by Gasteiger charge is -2.07. The normalized spacial score (nSPS) is 10.5. The summed E-state index contributed by atoms with van der Waals surface area (Å²) in [4.78, 5) is 23.1. The molecule has 2 rings (SSSR count). The molecule has 2 aromatic rings. The zero-order valence-corrected chi connectivity index (χ0v) is 15.5. The van der Waals surface area contributed by atoms with Gasteiger partial charge >= 0.3 is 0 Å². The molecule has 1 aromatic heterocycles. The van der Waals surface area contributed by atoms with Crippen molar-refractivity contribution in [1.29, 1.82) is 0 Å². The van der Waals surface area contributed by atoms with Gasteiger partial charge in [-0.3, -0.25) is 9.59 Å². The molecule has 2 N–H and O–H groups in total.